The third-order valence-corrected chi connectivity index (χ3v) is 4.08. The van der Waals surface area contributed by atoms with Crippen LogP contribution >= 0.6 is 0 Å². The van der Waals surface area contributed by atoms with Crippen LogP contribution in [0.3, 0.4) is 0 Å². The van der Waals surface area contributed by atoms with Crippen molar-refractivity contribution in [1.82, 2.24) is 0 Å². The van der Waals surface area contributed by atoms with Crippen LogP contribution in [0.15, 0.2) is 60.7 Å². The van der Waals surface area contributed by atoms with E-state index in [0.29, 0.717) is 0 Å². The highest BCUT2D eigenvalue weighted by Crippen LogP contribution is 2.34. The maximum atomic E-state index is 12.7. The first kappa shape index (κ1) is 14.0. The fourth-order valence-electron chi connectivity index (χ4n) is 2.96. The van der Waals surface area contributed by atoms with Crippen LogP contribution in [-0.4, -0.2) is 6.98 Å². The molecule has 0 fully saturated rings. The van der Waals surface area contributed by atoms with Crippen LogP contribution in [0.5, 0.6) is 0 Å². The topological polar surface area (TPSA) is 24.1 Å². The van der Waals surface area contributed by atoms with Crippen LogP contribution in [0.25, 0.3) is 10.8 Å². The second-order valence-electron chi connectivity index (χ2n) is 5.55. The standard InChI is InChI=1S/C17H12BF3N2/c19-17(20,21)12-7-9-13(10-8-12)18-22-14-5-1-3-11-4-2-6-15(23-18)16(11)14/h1-10,22-23H. The maximum absolute atomic E-state index is 12.7. The minimum atomic E-state index is -4.32. The first-order valence-electron chi connectivity index (χ1n) is 7.24. The zero-order valence-corrected chi connectivity index (χ0v) is 12.0. The fourth-order valence-corrected chi connectivity index (χ4v) is 2.96. The quantitative estimate of drug-likeness (QED) is 0.661. The highest BCUT2D eigenvalue weighted by molar-refractivity contribution is 6.80. The van der Waals surface area contributed by atoms with Gasteiger partial charge in [-0.3, -0.25) is 0 Å². The van der Waals surface area contributed by atoms with Gasteiger partial charge < -0.3 is 10.5 Å². The zero-order valence-electron chi connectivity index (χ0n) is 12.0. The summed E-state index contributed by atoms with van der Waals surface area (Å²) in [5, 5.41) is 8.90. The minimum absolute atomic E-state index is 0.266. The van der Waals surface area contributed by atoms with Gasteiger partial charge in [-0.15, -0.1) is 0 Å². The molecule has 0 aromatic heterocycles. The molecule has 1 aliphatic heterocycles. The van der Waals surface area contributed by atoms with Crippen molar-refractivity contribution in [1.29, 1.82) is 0 Å². The average molecular weight is 312 g/mol. The Morgan fingerprint density at radius 3 is 1.83 bits per heavy atom. The summed E-state index contributed by atoms with van der Waals surface area (Å²) in [5.74, 6) is 0. The molecular weight excluding hydrogens is 300 g/mol. The van der Waals surface area contributed by atoms with Gasteiger partial charge in [0, 0.05) is 16.8 Å². The normalized spacial score (nSPS) is 13.6. The van der Waals surface area contributed by atoms with Crippen molar-refractivity contribution in [2.24, 2.45) is 0 Å². The molecule has 2 nitrogen and oxygen atoms in total. The number of hydrogen-bond donors (Lipinski definition) is 2. The average Bonchev–Trinajstić information content (AvgIpc) is 2.55. The molecule has 0 atom stereocenters. The van der Waals surface area contributed by atoms with Gasteiger partial charge in [0.1, 0.15) is 0 Å². The molecule has 0 spiro atoms. The Labute approximate surface area is 131 Å². The summed E-state index contributed by atoms with van der Waals surface area (Å²) in [5.41, 5.74) is 2.06. The molecule has 23 heavy (non-hydrogen) atoms. The van der Waals surface area contributed by atoms with Crippen molar-refractivity contribution in [3.8, 4) is 0 Å². The Hall–Kier alpha value is -2.63. The summed E-state index contributed by atoms with van der Waals surface area (Å²) in [6.07, 6.45) is -4.32. The van der Waals surface area contributed by atoms with Crippen molar-refractivity contribution < 1.29 is 13.2 Å². The van der Waals surface area contributed by atoms with E-state index in [1.54, 1.807) is 0 Å². The van der Waals surface area contributed by atoms with E-state index in [-0.39, 0.29) is 6.98 Å². The van der Waals surface area contributed by atoms with Gasteiger partial charge in [-0.1, -0.05) is 48.5 Å². The summed E-state index contributed by atoms with van der Waals surface area (Å²) < 4.78 is 38.0. The lowest BCUT2D eigenvalue weighted by molar-refractivity contribution is -0.137. The number of anilines is 2. The van der Waals surface area contributed by atoms with Crippen molar-refractivity contribution in [3.63, 3.8) is 0 Å². The Bertz CT molecular complexity index is 834. The van der Waals surface area contributed by atoms with Crippen LogP contribution in [-0.2, 0) is 6.18 Å². The molecule has 3 aromatic rings. The molecule has 0 amide bonds. The first-order valence-corrected chi connectivity index (χ1v) is 7.24. The van der Waals surface area contributed by atoms with Gasteiger partial charge in [-0.05, 0) is 23.0 Å². The highest BCUT2D eigenvalue weighted by atomic mass is 19.4. The summed E-state index contributed by atoms with van der Waals surface area (Å²) in [7, 11) is 0. The number of rotatable bonds is 1. The van der Waals surface area contributed by atoms with E-state index in [1.807, 2.05) is 36.4 Å². The highest BCUT2D eigenvalue weighted by Gasteiger charge is 2.31. The van der Waals surface area contributed by atoms with Gasteiger partial charge >= 0.3 is 13.2 Å². The summed E-state index contributed by atoms with van der Waals surface area (Å²) in [6.45, 7) is -0.266. The van der Waals surface area contributed by atoms with Gasteiger partial charge in [-0.2, -0.15) is 13.2 Å². The number of benzene rings is 3. The van der Waals surface area contributed by atoms with Crippen LogP contribution in [0.4, 0.5) is 24.5 Å². The van der Waals surface area contributed by atoms with Crippen LogP contribution in [0.2, 0.25) is 0 Å². The largest absolute Gasteiger partial charge is 0.416 e. The number of alkyl halides is 3. The van der Waals surface area contributed by atoms with E-state index < -0.39 is 11.7 Å². The van der Waals surface area contributed by atoms with E-state index in [4.69, 9.17) is 0 Å². The Kier molecular flexibility index (Phi) is 3.01. The lowest BCUT2D eigenvalue weighted by Crippen LogP contribution is -2.47. The molecule has 1 heterocycles. The lowest BCUT2D eigenvalue weighted by Gasteiger charge is -2.27. The molecule has 114 valence electrons. The first-order chi connectivity index (χ1) is 11.0. The summed E-state index contributed by atoms with van der Waals surface area (Å²) in [4.78, 5) is 0. The Morgan fingerprint density at radius 1 is 0.739 bits per heavy atom. The van der Waals surface area contributed by atoms with Crippen LogP contribution in [0, 0.1) is 0 Å². The monoisotopic (exact) mass is 312 g/mol. The molecule has 6 heteroatoms. The Morgan fingerprint density at radius 2 is 1.30 bits per heavy atom. The van der Waals surface area contributed by atoms with Gasteiger partial charge in [0.2, 0.25) is 0 Å². The van der Waals surface area contributed by atoms with E-state index in [2.05, 4.69) is 10.5 Å². The summed E-state index contributed by atoms with van der Waals surface area (Å²) >= 11 is 0. The second kappa shape index (κ2) is 4.94. The molecule has 0 saturated heterocycles. The number of hydrogen-bond acceptors (Lipinski definition) is 2. The van der Waals surface area contributed by atoms with Crippen molar-refractivity contribution >= 4 is 34.6 Å². The smallest absolute Gasteiger partial charge is 0.405 e. The molecular formula is C17H12BF3N2. The SMILES string of the molecule is FC(F)(F)c1ccc(B2Nc3cccc4cccc(c34)N2)cc1. The van der Waals surface area contributed by atoms with Crippen LogP contribution in [0.1, 0.15) is 5.56 Å². The number of halogens is 3. The molecule has 2 N–H and O–H groups in total. The third-order valence-electron chi connectivity index (χ3n) is 4.08. The molecule has 0 unspecified atom stereocenters. The number of nitrogens with one attached hydrogen (secondary N) is 2. The molecule has 0 saturated carbocycles. The lowest BCUT2D eigenvalue weighted by atomic mass is 9.66. The van der Waals surface area contributed by atoms with Crippen molar-refractivity contribution in [2.75, 3.05) is 10.5 Å². The summed E-state index contributed by atoms with van der Waals surface area (Å²) in [6, 6.07) is 17.2. The molecule has 4 rings (SSSR count). The van der Waals surface area contributed by atoms with E-state index in [9.17, 15) is 13.2 Å². The molecule has 0 bridgehead atoms. The van der Waals surface area contributed by atoms with Gasteiger partial charge in [0.15, 0.2) is 0 Å². The third kappa shape index (κ3) is 2.40. The van der Waals surface area contributed by atoms with Gasteiger partial charge in [0.05, 0.1) is 5.56 Å². The predicted octanol–water partition coefficient (Wildman–Crippen LogP) is 4.09. The van der Waals surface area contributed by atoms with E-state index in [1.165, 1.54) is 12.1 Å². The Balaban J connectivity index is 1.70. The zero-order chi connectivity index (χ0) is 16.0. The van der Waals surface area contributed by atoms with Crippen molar-refractivity contribution in [3.05, 3.63) is 66.2 Å². The molecule has 0 aliphatic carbocycles. The predicted molar refractivity (Wildman–Crippen MR) is 88.0 cm³/mol. The van der Waals surface area contributed by atoms with Gasteiger partial charge in [0.25, 0.3) is 0 Å². The van der Waals surface area contributed by atoms with Crippen molar-refractivity contribution in [2.45, 2.75) is 6.18 Å². The molecule has 3 aromatic carbocycles. The van der Waals surface area contributed by atoms with E-state index in [0.717, 1.165) is 39.7 Å². The second-order valence-corrected chi connectivity index (χ2v) is 5.55. The van der Waals surface area contributed by atoms with E-state index >= 15 is 0 Å². The minimum Gasteiger partial charge on any atom is -0.405 e. The molecule has 1 aliphatic rings. The van der Waals surface area contributed by atoms with Gasteiger partial charge in [-0.25, -0.2) is 0 Å². The fraction of sp³-hybridized carbons (Fsp3) is 0.0588. The maximum Gasteiger partial charge on any atom is 0.416 e. The van der Waals surface area contributed by atoms with Crippen LogP contribution < -0.4 is 15.9 Å². The molecule has 0 radical (unpaired) electrons.